The van der Waals surface area contributed by atoms with E-state index in [2.05, 4.69) is 40.3 Å². The van der Waals surface area contributed by atoms with E-state index in [4.69, 9.17) is 0 Å². The van der Waals surface area contributed by atoms with Crippen LogP contribution in [0.25, 0.3) is 6.08 Å². The largest absolute Gasteiger partial charge is 0.348 e. The first-order chi connectivity index (χ1) is 17.6. The highest BCUT2D eigenvalue weighted by molar-refractivity contribution is 8.04. The van der Waals surface area contributed by atoms with Crippen LogP contribution < -0.4 is 5.32 Å². The Kier molecular flexibility index (Phi) is 7.52. The zero-order valence-electron chi connectivity index (χ0n) is 20.5. The molecule has 2 aliphatic rings. The highest BCUT2D eigenvalue weighted by Gasteiger charge is 2.40. The fraction of sp³-hybridized carbons (Fsp3) is 0.300. The van der Waals surface area contributed by atoms with Gasteiger partial charge in [-0.2, -0.15) is 0 Å². The summed E-state index contributed by atoms with van der Waals surface area (Å²) in [6, 6.07) is 19.9. The van der Waals surface area contributed by atoms with Gasteiger partial charge < -0.3 is 10.2 Å². The van der Waals surface area contributed by atoms with Gasteiger partial charge in [-0.15, -0.1) is 11.8 Å². The number of fused-ring (bicyclic) bond motifs is 1. The van der Waals surface area contributed by atoms with Gasteiger partial charge in [-0.25, -0.2) is 0 Å². The second-order valence-electron chi connectivity index (χ2n) is 9.54. The molecule has 0 bridgehead atoms. The lowest BCUT2D eigenvalue weighted by Gasteiger charge is -2.44. The number of amides is 2. The minimum atomic E-state index is -0.129. The summed E-state index contributed by atoms with van der Waals surface area (Å²) in [5.74, 6) is -0.0136. The van der Waals surface area contributed by atoms with Gasteiger partial charge in [0.15, 0.2) is 0 Å². The second-order valence-corrected chi connectivity index (χ2v) is 10.8. The lowest BCUT2D eigenvalue weighted by molar-refractivity contribution is -0.130. The van der Waals surface area contributed by atoms with E-state index in [0.717, 1.165) is 28.9 Å². The summed E-state index contributed by atoms with van der Waals surface area (Å²) in [7, 11) is 0. The molecule has 1 N–H and O–H groups in total. The highest BCUT2D eigenvalue weighted by Crippen LogP contribution is 2.42. The molecule has 0 spiro atoms. The fourth-order valence-corrected chi connectivity index (χ4v) is 6.47. The first-order valence-corrected chi connectivity index (χ1v) is 13.5. The van der Waals surface area contributed by atoms with Gasteiger partial charge in [0.2, 0.25) is 0 Å². The van der Waals surface area contributed by atoms with Crippen LogP contribution in [0.5, 0.6) is 0 Å². The molecular weight excluding hydrogens is 466 g/mol. The maximum Gasteiger partial charge on any atom is 0.260 e. The van der Waals surface area contributed by atoms with Crippen LogP contribution in [0.2, 0.25) is 0 Å². The summed E-state index contributed by atoms with van der Waals surface area (Å²) in [5, 5.41) is 3.36. The van der Waals surface area contributed by atoms with Crippen molar-refractivity contribution in [1.82, 2.24) is 15.2 Å². The van der Waals surface area contributed by atoms with Gasteiger partial charge in [0.25, 0.3) is 11.8 Å². The third-order valence-electron chi connectivity index (χ3n) is 7.07. The summed E-state index contributed by atoms with van der Waals surface area (Å²) in [6.45, 7) is 3.20. The average molecular weight is 498 g/mol. The predicted molar refractivity (Wildman–Crippen MR) is 145 cm³/mol. The lowest BCUT2D eigenvalue weighted by Crippen LogP contribution is -2.50. The van der Waals surface area contributed by atoms with Gasteiger partial charge in [0.1, 0.15) is 0 Å². The smallest absolute Gasteiger partial charge is 0.260 e. The number of rotatable bonds is 6. The monoisotopic (exact) mass is 497 g/mol. The number of hydrogen-bond acceptors (Lipinski definition) is 4. The average Bonchev–Trinajstić information content (AvgIpc) is 2.91. The molecule has 2 aromatic carbocycles. The van der Waals surface area contributed by atoms with Crippen molar-refractivity contribution in [3.63, 3.8) is 0 Å². The van der Waals surface area contributed by atoms with Crippen LogP contribution in [0.4, 0.5) is 0 Å². The lowest BCUT2D eigenvalue weighted by atomic mass is 9.92. The van der Waals surface area contributed by atoms with Crippen molar-refractivity contribution >= 4 is 29.7 Å². The minimum absolute atomic E-state index is 0.115. The fourth-order valence-electron chi connectivity index (χ4n) is 5.00. The second kappa shape index (κ2) is 11.1. The molecule has 1 aromatic heterocycles. The molecular formula is C30H31N3O2S. The van der Waals surface area contributed by atoms with Crippen molar-refractivity contribution in [3.05, 3.63) is 106 Å². The van der Waals surface area contributed by atoms with Crippen molar-refractivity contribution in [3.8, 4) is 0 Å². The van der Waals surface area contributed by atoms with E-state index >= 15 is 0 Å². The van der Waals surface area contributed by atoms with E-state index in [-0.39, 0.29) is 11.8 Å². The van der Waals surface area contributed by atoms with Crippen LogP contribution in [0.3, 0.4) is 0 Å². The Labute approximate surface area is 217 Å². The molecule has 1 saturated carbocycles. The molecule has 2 amide bonds. The number of nitrogens with one attached hydrogen (secondary N) is 1. The molecule has 5 rings (SSSR count). The van der Waals surface area contributed by atoms with E-state index in [1.54, 1.807) is 24.2 Å². The number of hydrogen-bond donors (Lipinski definition) is 1. The Bertz CT molecular complexity index is 1260. The van der Waals surface area contributed by atoms with Gasteiger partial charge >= 0.3 is 0 Å². The third kappa shape index (κ3) is 5.54. The van der Waals surface area contributed by atoms with Crippen LogP contribution >= 0.6 is 11.8 Å². The standard InChI is InChI=1S/C30H31N3O2S/c1-21-7-2-3-9-25(21)20-33-26-10-4-5-11-27(26)36-28(30(33)35)17-22-12-14-24(15-13-22)29(34)32-19-23-8-6-16-31-18-23/h2-3,6-9,12-18,26-27H,4-5,10-11,19-20H2,1H3,(H,32,34)/b28-17+. The summed E-state index contributed by atoms with van der Waals surface area (Å²) in [5.41, 5.74) is 4.91. The molecule has 184 valence electrons. The molecule has 1 saturated heterocycles. The van der Waals surface area contributed by atoms with E-state index in [0.29, 0.717) is 29.9 Å². The molecule has 5 nitrogen and oxygen atoms in total. The normalized spacial score (nSPS) is 20.8. The van der Waals surface area contributed by atoms with E-state index in [1.165, 1.54) is 24.0 Å². The number of aromatic nitrogens is 1. The van der Waals surface area contributed by atoms with E-state index in [9.17, 15) is 9.59 Å². The van der Waals surface area contributed by atoms with Gasteiger partial charge in [-0.3, -0.25) is 14.6 Å². The summed E-state index contributed by atoms with van der Waals surface area (Å²) in [4.78, 5) is 33.2. The first-order valence-electron chi connectivity index (χ1n) is 12.6. The topological polar surface area (TPSA) is 62.3 Å². The van der Waals surface area contributed by atoms with Gasteiger partial charge in [0.05, 0.1) is 4.91 Å². The quantitative estimate of drug-likeness (QED) is 0.441. The summed E-state index contributed by atoms with van der Waals surface area (Å²) >= 11 is 1.74. The number of carbonyl (C=O) groups excluding carboxylic acids is 2. The van der Waals surface area contributed by atoms with Crippen LogP contribution in [-0.4, -0.2) is 33.0 Å². The molecule has 0 radical (unpaired) electrons. The van der Waals surface area contributed by atoms with Crippen molar-refractivity contribution in [2.75, 3.05) is 0 Å². The molecule has 6 heteroatoms. The molecule has 3 aromatic rings. The molecule has 2 unspecified atom stereocenters. The van der Waals surface area contributed by atoms with E-state index in [1.807, 2.05) is 48.5 Å². The Morgan fingerprint density at radius 2 is 1.89 bits per heavy atom. The zero-order valence-corrected chi connectivity index (χ0v) is 21.3. The number of benzene rings is 2. The first kappa shape index (κ1) is 24.3. The zero-order chi connectivity index (χ0) is 24.9. The molecule has 36 heavy (non-hydrogen) atoms. The van der Waals surface area contributed by atoms with Crippen LogP contribution in [0.1, 0.15) is 58.3 Å². The van der Waals surface area contributed by atoms with Crippen molar-refractivity contribution in [1.29, 1.82) is 0 Å². The number of carbonyl (C=O) groups is 2. The Morgan fingerprint density at radius 3 is 2.67 bits per heavy atom. The number of pyridine rings is 1. The molecule has 1 aliphatic heterocycles. The Morgan fingerprint density at radius 1 is 1.08 bits per heavy atom. The number of thioether (sulfide) groups is 1. The van der Waals surface area contributed by atoms with Gasteiger partial charge in [-0.05, 0) is 66.3 Å². The summed E-state index contributed by atoms with van der Waals surface area (Å²) < 4.78 is 0. The Balaban J connectivity index is 1.31. The third-order valence-corrected chi connectivity index (χ3v) is 8.47. The molecule has 2 atom stereocenters. The van der Waals surface area contributed by atoms with Crippen LogP contribution in [0, 0.1) is 6.92 Å². The highest BCUT2D eigenvalue weighted by atomic mass is 32.2. The Hall–Kier alpha value is -3.38. The van der Waals surface area contributed by atoms with Crippen molar-refractivity contribution < 1.29 is 9.59 Å². The molecule has 1 aliphatic carbocycles. The minimum Gasteiger partial charge on any atom is -0.348 e. The molecule has 2 fully saturated rings. The SMILES string of the molecule is Cc1ccccc1CN1C(=O)/C(=C\c2ccc(C(=O)NCc3cccnc3)cc2)SC2CCCCC21. The maximum absolute atomic E-state index is 13.7. The van der Waals surface area contributed by atoms with Crippen LogP contribution in [-0.2, 0) is 17.9 Å². The number of nitrogens with zero attached hydrogens (tertiary/aromatic N) is 2. The van der Waals surface area contributed by atoms with Crippen molar-refractivity contribution in [2.24, 2.45) is 0 Å². The maximum atomic E-state index is 13.7. The van der Waals surface area contributed by atoms with Gasteiger partial charge in [-0.1, -0.05) is 55.3 Å². The van der Waals surface area contributed by atoms with Gasteiger partial charge in [0, 0.05) is 42.3 Å². The summed E-state index contributed by atoms with van der Waals surface area (Å²) in [6.07, 6.45) is 10.1. The van der Waals surface area contributed by atoms with Crippen molar-refractivity contribution in [2.45, 2.75) is 57.0 Å². The number of aryl methyl sites for hydroxylation is 1. The molecule has 2 heterocycles. The van der Waals surface area contributed by atoms with E-state index < -0.39 is 0 Å². The predicted octanol–water partition coefficient (Wildman–Crippen LogP) is 5.75. The van der Waals surface area contributed by atoms with Crippen LogP contribution in [0.15, 0.2) is 78.0 Å².